The predicted molar refractivity (Wildman–Crippen MR) is 60.4 cm³/mol. The molecule has 0 unspecified atom stereocenters. The van der Waals surface area contributed by atoms with Crippen molar-refractivity contribution in [1.29, 1.82) is 0 Å². The Morgan fingerprint density at radius 2 is 2.07 bits per heavy atom. The first-order chi connectivity index (χ1) is 6.91. The van der Waals surface area contributed by atoms with E-state index < -0.39 is 0 Å². The van der Waals surface area contributed by atoms with Crippen molar-refractivity contribution >= 4 is 0 Å². The number of hydrogen-bond acceptors (Lipinski definition) is 1. The topological polar surface area (TPSA) is 20.2 Å². The first-order valence-corrected chi connectivity index (χ1v) is 4.82. The van der Waals surface area contributed by atoms with Gasteiger partial charge in [-0.3, -0.25) is 0 Å². The molecule has 0 aliphatic heterocycles. The number of aliphatic hydroxyl groups is 1. The summed E-state index contributed by atoms with van der Waals surface area (Å²) in [4.78, 5) is 0. The van der Waals surface area contributed by atoms with Gasteiger partial charge < -0.3 is 5.11 Å². The number of unbranched alkanes of at least 4 members (excludes halogenated alkanes) is 1. The van der Waals surface area contributed by atoms with Gasteiger partial charge in [0, 0.05) is 13.0 Å². The molecule has 0 spiro atoms. The summed E-state index contributed by atoms with van der Waals surface area (Å²) in [6.07, 6.45) is 10.2. The van der Waals surface area contributed by atoms with E-state index in [-0.39, 0.29) is 6.61 Å². The lowest BCUT2D eigenvalue weighted by molar-refractivity contribution is 0.290. The van der Waals surface area contributed by atoms with Crippen LogP contribution < -0.4 is 0 Å². The predicted octanol–water partition coefficient (Wildman–Crippen LogP) is 2.29. The minimum Gasteiger partial charge on any atom is -0.396 e. The van der Waals surface area contributed by atoms with Gasteiger partial charge in [0.15, 0.2) is 0 Å². The highest BCUT2D eigenvalue weighted by molar-refractivity contribution is 5.31. The maximum atomic E-state index is 8.47. The minimum absolute atomic E-state index is 0.198. The second-order valence-corrected chi connectivity index (χ2v) is 2.59. The molecule has 0 saturated carbocycles. The molecule has 74 valence electrons. The highest BCUT2D eigenvalue weighted by atomic mass is 16.2. The number of allylic oxidation sites excluding steroid dienone is 4. The Morgan fingerprint density at radius 1 is 1.21 bits per heavy atom. The van der Waals surface area contributed by atoms with Crippen molar-refractivity contribution in [3.63, 3.8) is 0 Å². The number of rotatable bonds is 4. The van der Waals surface area contributed by atoms with E-state index in [4.69, 9.17) is 5.11 Å². The molecule has 0 saturated heterocycles. The van der Waals surface area contributed by atoms with Gasteiger partial charge in [-0.15, -0.1) is 0 Å². The molecular formula is C13H16O. The number of aliphatic hydroxyl groups excluding tert-OH is 1. The maximum Gasteiger partial charge on any atom is 0.0440 e. The third kappa shape index (κ3) is 10.6. The third-order valence-electron chi connectivity index (χ3n) is 1.35. The summed E-state index contributed by atoms with van der Waals surface area (Å²) in [7, 11) is 0. The molecule has 1 N–H and O–H groups in total. The molecule has 0 bridgehead atoms. The van der Waals surface area contributed by atoms with Crippen molar-refractivity contribution in [1.82, 2.24) is 0 Å². The van der Waals surface area contributed by atoms with Gasteiger partial charge in [0.05, 0.1) is 0 Å². The van der Waals surface area contributed by atoms with Crippen LogP contribution in [0.1, 0.15) is 26.2 Å². The molecule has 0 amide bonds. The van der Waals surface area contributed by atoms with Crippen molar-refractivity contribution < 1.29 is 5.11 Å². The molecule has 0 aromatic heterocycles. The fourth-order valence-electron chi connectivity index (χ4n) is 0.670. The molecule has 0 aliphatic rings. The van der Waals surface area contributed by atoms with Gasteiger partial charge in [0.1, 0.15) is 0 Å². The van der Waals surface area contributed by atoms with Crippen molar-refractivity contribution in [2.24, 2.45) is 0 Å². The molecular weight excluding hydrogens is 172 g/mol. The Labute approximate surface area is 86.5 Å². The molecule has 14 heavy (non-hydrogen) atoms. The molecule has 1 heteroatoms. The van der Waals surface area contributed by atoms with E-state index in [0.717, 1.165) is 12.8 Å². The molecule has 0 heterocycles. The van der Waals surface area contributed by atoms with Crippen molar-refractivity contribution in [2.75, 3.05) is 6.61 Å². The van der Waals surface area contributed by atoms with Crippen LogP contribution in [0.5, 0.6) is 0 Å². The summed E-state index contributed by atoms with van der Waals surface area (Å²) in [5, 5.41) is 8.47. The zero-order valence-electron chi connectivity index (χ0n) is 8.59. The molecule has 0 fully saturated rings. The molecule has 0 aromatic carbocycles. The Balaban J connectivity index is 3.64. The summed E-state index contributed by atoms with van der Waals surface area (Å²) in [6, 6.07) is 0. The van der Waals surface area contributed by atoms with E-state index in [1.807, 2.05) is 12.2 Å². The molecule has 1 nitrogen and oxygen atoms in total. The van der Waals surface area contributed by atoms with Crippen molar-refractivity contribution in [3.8, 4) is 23.7 Å². The quantitative estimate of drug-likeness (QED) is 0.408. The van der Waals surface area contributed by atoms with Crippen LogP contribution >= 0.6 is 0 Å². The molecule has 0 aliphatic carbocycles. The van der Waals surface area contributed by atoms with E-state index in [1.54, 1.807) is 6.08 Å². The molecule has 0 rings (SSSR count). The van der Waals surface area contributed by atoms with Gasteiger partial charge in [-0.25, -0.2) is 0 Å². The van der Waals surface area contributed by atoms with Crippen LogP contribution in [0.3, 0.4) is 0 Å². The Morgan fingerprint density at radius 3 is 2.79 bits per heavy atom. The SMILES string of the molecule is CC/C=C/C=C/C#CC#CCCCO. The first kappa shape index (κ1) is 12.6. The van der Waals surface area contributed by atoms with E-state index in [2.05, 4.69) is 36.7 Å². The maximum absolute atomic E-state index is 8.47. The van der Waals surface area contributed by atoms with E-state index >= 15 is 0 Å². The van der Waals surface area contributed by atoms with Gasteiger partial charge >= 0.3 is 0 Å². The zero-order valence-corrected chi connectivity index (χ0v) is 8.59. The summed E-state index contributed by atoms with van der Waals surface area (Å²) in [6.45, 7) is 2.28. The van der Waals surface area contributed by atoms with Crippen LogP contribution in [0.15, 0.2) is 24.3 Å². The fraction of sp³-hybridized carbons (Fsp3) is 0.385. The molecule has 0 aromatic rings. The molecule has 0 atom stereocenters. The zero-order chi connectivity index (χ0) is 10.5. The number of hydrogen-bond donors (Lipinski definition) is 1. The third-order valence-corrected chi connectivity index (χ3v) is 1.35. The summed E-state index contributed by atoms with van der Waals surface area (Å²) in [5.41, 5.74) is 0. The lowest BCUT2D eigenvalue weighted by Gasteiger charge is -1.80. The van der Waals surface area contributed by atoms with Gasteiger partial charge in [-0.1, -0.05) is 37.0 Å². The van der Waals surface area contributed by atoms with Gasteiger partial charge in [0.25, 0.3) is 0 Å². The lowest BCUT2D eigenvalue weighted by atomic mass is 10.3. The summed E-state index contributed by atoms with van der Waals surface area (Å²) < 4.78 is 0. The smallest absolute Gasteiger partial charge is 0.0440 e. The summed E-state index contributed by atoms with van der Waals surface area (Å²) in [5.74, 6) is 11.1. The standard InChI is InChI=1S/C13H16O/c1-2-3-4-5-6-7-8-9-10-11-12-13-14/h3-6,14H,2,11-13H2,1H3/b4-3+,6-5+. The van der Waals surface area contributed by atoms with Crippen LogP contribution in [0.2, 0.25) is 0 Å². The second kappa shape index (κ2) is 11.6. The highest BCUT2D eigenvalue weighted by Gasteiger charge is 1.74. The van der Waals surface area contributed by atoms with E-state index in [0.29, 0.717) is 6.42 Å². The van der Waals surface area contributed by atoms with Crippen molar-refractivity contribution in [3.05, 3.63) is 24.3 Å². The van der Waals surface area contributed by atoms with Gasteiger partial charge in [-0.2, -0.15) is 0 Å². The Hall–Kier alpha value is -1.44. The Kier molecular flexibility index (Phi) is 10.4. The van der Waals surface area contributed by atoms with Crippen LogP contribution in [0.25, 0.3) is 0 Å². The van der Waals surface area contributed by atoms with Crippen LogP contribution in [-0.2, 0) is 0 Å². The second-order valence-electron chi connectivity index (χ2n) is 2.59. The summed E-state index contributed by atoms with van der Waals surface area (Å²) >= 11 is 0. The monoisotopic (exact) mass is 188 g/mol. The van der Waals surface area contributed by atoms with Crippen LogP contribution in [0.4, 0.5) is 0 Å². The highest BCUT2D eigenvalue weighted by Crippen LogP contribution is 1.82. The van der Waals surface area contributed by atoms with Crippen LogP contribution in [-0.4, -0.2) is 11.7 Å². The largest absolute Gasteiger partial charge is 0.396 e. The first-order valence-electron chi connectivity index (χ1n) is 4.82. The molecule has 0 radical (unpaired) electrons. The van der Waals surface area contributed by atoms with Crippen molar-refractivity contribution in [2.45, 2.75) is 26.2 Å². The van der Waals surface area contributed by atoms with Gasteiger partial charge in [0.2, 0.25) is 0 Å². The lowest BCUT2D eigenvalue weighted by Crippen LogP contribution is -1.77. The normalized spacial score (nSPS) is 9.57. The van der Waals surface area contributed by atoms with E-state index in [1.165, 1.54) is 0 Å². The fourth-order valence-corrected chi connectivity index (χ4v) is 0.670. The van der Waals surface area contributed by atoms with Crippen LogP contribution in [0, 0.1) is 23.7 Å². The average Bonchev–Trinajstić information content (AvgIpc) is 2.21. The average molecular weight is 188 g/mol. The minimum atomic E-state index is 0.198. The van der Waals surface area contributed by atoms with Gasteiger partial charge in [-0.05, 0) is 30.8 Å². The van der Waals surface area contributed by atoms with E-state index in [9.17, 15) is 0 Å². The Bertz CT molecular complexity index is 289.